The summed E-state index contributed by atoms with van der Waals surface area (Å²) in [4.78, 5) is 27.7. The minimum atomic E-state index is -0.0930. The normalized spacial score (nSPS) is 13.7. The van der Waals surface area contributed by atoms with E-state index in [2.05, 4.69) is 11.4 Å². The number of carbonyl (C=O) groups is 2. The largest absolute Gasteiger partial charge is 0.352 e. The lowest BCUT2D eigenvalue weighted by Gasteiger charge is -2.22. The van der Waals surface area contributed by atoms with E-state index < -0.39 is 0 Å². The fourth-order valence-corrected chi connectivity index (χ4v) is 3.85. The van der Waals surface area contributed by atoms with Gasteiger partial charge in [-0.05, 0) is 42.9 Å². The van der Waals surface area contributed by atoms with Gasteiger partial charge in [-0.2, -0.15) is 0 Å². The van der Waals surface area contributed by atoms with Crippen LogP contribution in [0, 0.1) is 0 Å². The standard InChI is InChI=1S/C20H22N2O2S/c23-19(12-6-13-21-20(24)16-8-2-1-3-9-16)22-14-7-15-25-18-11-5-4-10-17(18)22/h1-5,8-11H,6-7,12-15H2,(H,21,24). The molecule has 0 spiro atoms. The van der Waals surface area contributed by atoms with Gasteiger partial charge in [0.2, 0.25) is 5.91 Å². The van der Waals surface area contributed by atoms with E-state index in [1.807, 2.05) is 53.1 Å². The van der Waals surface area contributed by atoms with Crippen molar-refractivity contribution in [1.29, 1.82) is 0 Å². The molecule has 2 amide bonds. The van der Waals surface area contributed by atoms with Crippen LogP contribution in [0.3, 0.4) is 0 Å². The first-order valence-corrected chi connectivity index (χ1v) is 9.60. The molecule has 0 saturated carbocycles. The quantitative estimate of drug-likeness (QED) is 0.833. The Balaban J connectivity index is 1.50. The molecule has 1 aliphatic heterocycles. The number of thioether (sulfide) groups is 1. The maximum atomic E-state index is 12.6. The summed E-state index contributed by atoms with van der Waals surface area (Å²) in [7, 11) is 0. The molecule has 5 heteroatoms. The number of benzene rings is 2. The second-order valence-corrected chi connectivity index (χ2v) is 7.08. The number of para-hydroxylation sites is 1. The summed E-state index contributed by atoms with van der Waals surface area (Å²) in [5.74, 6) is 1.07. The molecule has 0 unspecified atom stereocenters. The van der Waals surface area contributed by atoms with Crippen molar-refractivity contribution in [1.82, 2.24) is 5.32 Å². The lowest BCUT2D eigenvalue weighted by Crippen LogP contribution is -2.32. The molecule has 0 radical (unpaired) electrons. The van der Waals surface area contributed by atoms with Gasteiger partial charge in [-0.15, -0.1) is 11.8 Å². The predicted molar refractivity (Wildman–Crippen MR) is 102 cm³/mol. The van der Waals surface area contributed by atoms with Gasteiger partial charge in [-0.1, -0.05) is 30.3 Å². The molecule has 25 heavy (non-hydrogen) atoms. The monoisotopic (exact) mass is 354 g/mol. The Kier molecular flexibility index (Phi) is 6.12. The Hall–Kier alpha value is -2.27. The Morgan fingerprint density at radius 2 is 1.80 bits per heavy atom. The van der Waals surface area contributed by atoms with E-state index in [0.29, 0.717) is 24.9 Å². The molecular weight excluding hydrogens is 332 g/mol. The number of rotatable bonds is 5. The fourth-order valence-electron chi connectivity index (χ4n) is 2.85. The SMILES string of the molecule is O=C(NCCCC(=O)N1CCCSc2ccccc21)c1ccccc1. The van der Waals surface area contributed by atoms with Gasteiger partial charge in [0.25, 0.3) is 5.91 Å². The summed E-state index contributed by atoms with van der Waals surface area (Å²) in [6.45, 7) is 1.27. The zero-order chi connectivity index (χ0) is 17.5. The first kappa shape index (κ1) is 17.5. The van der Waals surface area contributed by atoms with Crippen LogP contribution in [0.25, 0.3) is 0 Å². The summed E-state index contributed by atoms with van der Waals surface area (Å²) >= 11 is 1.81. The molecule has 2 aromatic carbocycles. The molecule has 0 atom stereocenters. The number of nitrogens with one attached hydrogen (secondary N) is 1. The lowest BCUT2D eigenvalue weighted by atomic mass is 10.2. The highest BCUT2D eigenvalue weighted by molar-refractivity contribution is 7.99. The zero-order valence-electron chi connectivity index (χ0n) is 14.1. The third-order valence-corrected chi connectivity index (χ3v) is 5.28. The first-order valence-electron chi connectivity index (χ1n) is 8.61. The van der Waals surface area contributed by atoms with E-state index in [4.69, 9.17) is 0 Å². The molecule has 4 nitrogen and oxygen atoms in total. The van der Waals surface area contributed by atoms with Crippen LogP contribution in [0.2, 0.25) is 0 Å². The summed E-state index contributed by atoms with van der Waals surface area (Å²) in [6, 6.07) is 17.2. The highest BCUT2D eigenvalue weighted by atomic mass is 32.2. The smallest absolute Gasteiger partial charge is 0.251 e. The van der Waals surface area contributed by atoms with Crippen molar-refractivity contribution in [3.63, 3.8) is 0 Å². The zero-order valence-corrected chi connectivity index (χ0v) is 14.9. The van der Waals surface area contributed by atoms with Crippen molar-refractivity contribution < 1.29 is 9.59 Å². The van der Waals surface area contributed by atoms with Gasteiger partial charge in [-0.25, -0.2) is 0 Å². The Bertz CT molecular complexity index is 733. The molecule has 130 valence electrons. The molecule has 3 rings (SSSR count). The van der Waals surface area contributed by atoms with Crippen LogP contribution in [0.5, 0.6) is 0 Å². The molecule has 2 aromatic rings. The number of fused-ring (bicyclic) bond motifs is 1. The van der Waals surface area contributed by atoms with Crippen molar-refractivity contribution in [3.8, 4) is 0 Å². The van der Waals surface area contributed by atoms with E-state index in [1.54, 1.807) is 12.1 Å². The number of carbonyl (C=O) groups excluding carboxylic acids is 2. The molecule has 1 N–H and O–H groups in total. The molecule has 0 aliphatic carbocycles. The van der Waals surface area contributed by atoms with E-state index in [-0.39, 0.29) is 11.8 Å². The van der Waals surface area contributed by atoms with Gasteiger partial charge in [0.05, 0.1) is 5.69 Å². The van der Waals surface area contributed by atoms with Crippen LogP contribution < -0.4 is 10.2 Å². The predicted octanol–water partition coefficient (Wildman–Crippen LogP) is 3.73. The Morgan fingerprint density at radius 1 is 1.04 bits per heavy atom. The Morgan fingerprint density at radius 3 is 2.64 bits per heavy atom. The summed E-state index contributed by atoms with van der Waals surface area (Å²) in [5, 5.41) is 2.87. The van der Waals surface area contributed by atoms with Crippen molar-refractivity contribution in [2.45, 2.75) is 24.2 Å². The molecule has 0 bridgehead atoms. The third kappa shape index (κ3) is 4.63. The van der Waals surface area contributed by atoms with Crippen molar-refractivity contribution in [2.75, 3.05) is 23.7 Å². The van der Waals surface area contributed by atoms with E-state index in [9.17, 15) is 9.59 Å². The highest BCUT2D eigenvalue weighted by Crippen LogP contribution is 2.33. The summed E-state index contributed by atoms with van der Waals surface area (Å²) < 4.78 is 0. The minimum Gasteiger partial charge on any atom is -0.352 e. The number of anilines is 1. The average Bonchev–Trinajstić information content (AvgIpc) is 2.88. The van der Waals surface area contributed by atoms with Crippen molar-refractivity contribution in [2.24, 2.45) is 0 Å². The highest BCUT2D eigenvalue weighted by Gasteiger charge is 2.20. The lowest BCUT2D eigenvalue weighted by molar-refractivity contribution is -0.118. The van der Waals surface area contributed by atoms with Crippen LogP contribution in [0.1, 0.15) is 29.6 Å². The molecule has 1 aliphatic rings. The summed E-state index contributed by atoms with van der Waals surface area (Å²) in [5.41, 5.74) is 1.66. The molecule has 0 fully saturated rings. The maximum Gasteiger partial charge on any atom is 0.251 e. The van der Waals surface area contributed by atoms with Gasteiger partial charge in [-0.3, -0.25) is 9.59 Å². The molecule has 0 aromatic heterocycles. The van der Waals surface area contributed by atoms with E-state index in [0.717, 1.165) is 24.4 Å². The number of amides is 2. The van der Waals surface area contributed by atoms with E-state index in [1.165, 1.54) is 4.90 Å². The van der Waals surface area contributed by atoms with Crippen LogP contribution in [0.15, 0.2) is 59.5 Å². The average molecular weight is 354 g/mol. The van der Waals surface area contributed by atoms with E-state index >= 15 is 0 Å². The van der Waals surface area contributed by atoms with Gasteiger partial charge < -0.3 is 10.2 Å². The third-order valence-electron chi connectivity index (χ3n) is 4.13. The van der Waals surface area contributed by atoms with Crippen LogP contribution in [0.4, 0.5) is 5.69 Å². The minimum absolute atomic E-state index is 0.0930. The Labute approximate surface area is 152 Å². The van der Waals surface area contributed by atoms with Gasteiger partial charge in [0, 0.05) is 30.0 Å². The second kappa shape index (κ2) is 8.72. The second-order valence-electron chi connectivity index (χ2n) is 5.94. The summed E-state index contributed by atoms with van der Waals surface area (Å²) in [6.07, 6.45) is 2.08. The maximum absolute atomic E-state index is 12.6. The first-order chi connectivity index (χ1) is 12.3. The van der Waals surface area contributed by atoms with Gasteiger partial charge in [0.1, 0.15) is 0 Å². The van der Waals surface area contributed by atoms with Gasteiger partial charge >= 0.3 is 0 Å². The van der Waals surface area contributed by atoms with Crippen molar-refractivity contribution in [3.05, 3.63) is 60.2 Å². The number of hydrogen-bond acceptors (Lipinski definition) is 3. The van der Waals surface area contributed by atoms with Crippen LogP contribution in [-0.4, -0.2) is 30.7 Å². The number of nitrogens with zero attached hydrogens (tertiary/aromatic N) is 1. The topological polar surface area (TPSA) is 49.4 Å². The number of hydrogen-bond donors (Lipinski definition) is 1. The molecular formula is C20H22N2O2S. The fraction of sp³-hybridized carbons (Fsp3) is 0.300. The molecule has 1 heterocycles. The van der Waals surface area contributed by atoms with Crippen LogP contribution >= 0.6 is 11.8 Å². The molecule has 0 saturated heterocycles. The van der Waals surface area contributed by atoms with Gasteiger partial charge in [0.15, 0.2) is 0 Å². The van der Waals surface area contributed by atoms with Crippen LogP contribution in [-0.2, 0) is 4.79 Å². The van der Waals surface area contributed by atoms with Crippen molar-refractivity contribution >= 4 is 29.3 Å².